The summed E-state index contributed by atoms with van der Waals surface area (Å²) in [5, 5.41) is 11.6. The number of nitro benzene ring substituents is 1. The lowest BCUT2D eigenvalue weighted by Crippen LogP contribution is -2.42. The van der Waals surface area contributed by atoms with Gasteiger partial charge in [-0.05, 0) is 39.1 Å². The number of rotatable bonds is 7. The SMILES string of the molecule is CN(C)CCNS(=O)(=O)c1ccc(N2CC3CCC(C2)O3)c([N+](=O)[O-])c1. The molecule has 2 aliphatic heterocycles. The summed E-state index contributed by atoms with van der Waals surface area (Å²) < 4.78 is 33.0. The van der Waals surface area contributed by atoms with E-state index in [1.807, 2.05) is 23.9 Å². The van der Waals surface area contributed by atoms with E-state index < -0.39 is 14.9 Å². The molecule has 144 valence electrons. The van der Waals surface area contributed by atoms with Gasteiger partial charge >= 0.3 is 0 Å². The minimum Gasteiger partial charge on any atom is -0.371 e. The number of hydrogen-bond donors (Lipinski definition) is 1. The molecule has 3 rings (SSSR count). The molecule has 0 spiro atoms. The van der Waals surface area contributed by atoms with E-state index in [2.05, 4.69) is 4.72 Å². The highest BCUT2D eigenvalue weighted by Gasteiger charge is 2.36. The van der Waals surface area contributed by atoms with Gasteiger partial charge in [-0.15, -0.1) is 0 Å². The maximum Gasteiger partial charge on any atom is 0.293 e. The second-order valence-electron chi connectivity index (χ2n) is 6.97. The molecule has 0 saturated carbocycles. The van der Waals surface area contributed by atoms with Gasteiger partial charge in [-0.3, -0.25) is 10.1 Å². The molecule has 2 saturated heterocycles. The van der Waals surface area contributed by atoms with Crippen molar-refractivity contribution in [1.82, 2.24) is 9.62 Å². The zero-order chi connectivity index (χ0) is 18.9. The van der Waals surface area contributed by atoms with Crippen molar-refractivity contribution in [3.8, 4) is 0 Å². The predicted octanol–water partition coefficient (Wildman–Crippen LogP) is 0.802. The average molecular weight is 384 g/mol. The molecule has 1 aromatic carbocycles. The zero-order valence-electron chi connectivity index (χ0n) is 14.9. The summed E-state index contributed by atoms with van der Waals surface area (Å²) in [5.74, 6) is 0. The highest BCUT2D eigenvalue weighted by Crippen LogP contribution is 2.35. The minimum absolute atomic E-state index is 0.0875. The molecule has 0 aromatic heterocycles. The quantitative estimate of drug-likeness (QED) is 0.548. The first-order chi connectivity index (χ1) is 12.3. The Bertz CT molecular complexity index is 771. The predicted molar refractivity (Wildman–Crippen MR) is 96.9 cm³/mol. The normalized spacial score (nSPS) is 22.8. The van der Waals surface area contributed by atoms with E-state index in [-0.39, 0.29) is 29.3 Å². The van der Waals surface area contributed by atoms with Crippen LogP contribution in [0.15, 0.2) is 23.1 Å². The third-order valence-electron chi connectivity index (χ3n) is 4.69. The van der Waals surface area contributed by atoms with Crippen LogP contribution in [0, 0.1) is 10.1 Å². The maximum atomic E-state index is 12.4. The van der Waals surface area contributed by atoms with Crippen LogP contribution in [-0.4, -0.2) is 70.7 Å². The third-order valence-corrected chi connectivity index (χ3v) is 6.15. The Morgan fingerprint density at radius 2 is 1.96 bits per heavy atom. The van der Waals surface area contributed by atoms with Gasteiger partial charge in [0, 0.05) is 32.2 Å². The number of ether oxygens (including phenoxy) is 1. The second-order valence-corrected chi connectivity index (χ2v) is 8.74. The number of fused-ring (bicyclic) bond motifs is 2. The molecule has 1 N–H and O–H groups in total. The molecule has 2 bridgehead atoms. The van der Waals surface area contributed by atoms with Gasteiger partial charge in [0.15, 0.2) is 0 Å². The highest BCUT2D eigenvalue weighted by molar-refractivity contribution is 7.89. The largest absolute Gasteiger partial charge is 0.371 e. The van der Waals surface area contributed by atoms with Gasteiger partial charge in [0.25, 0.3) is 5.69 Å². The van der Waals surface area contributed by atoms with Crippen molar-refractivity contribution in [3.05, 3.63) is 28.3 Å². The highest BCUT2D eigenvalue weighted by atomic mass is 32.2. The van der Waals surface area contributed by atoms with Crippen molar-refractivity contribution in [2.24, 2.45) is 0 Å². The van der Waals surface area contributed by atoms with Gasteiger partial charge in [-0.1, -0.05) is 0 Å². The Morgan fingerprint density at radius 3 is 2.54 bits per heavy atom. The van der Waals surface area contributed by atoms with E-state index in [1.54, 1.807) is 0 Å². The van der Waals surface area contributed by atoms with Crippen LogP contribution >= 0.6 is 0 Å². The van der Waals surface area contributed by atoms with Gasteiger partial charge in [0.1, 0.15) is 5.69 Å². The minimum atomic E-state index is -3.79. The molecule has 0 amide bonds. The van der Waals surface area contributed by atoms with Crippen LogP contribution in [0.3, 0.4) is 0 Å². The number of nitrogens with zero attached hydrogens (tertiary/aromatic N) is 3. The van der Waals surface area contributed by atoms with Gasteiger partial charge < -0.3 is 14.5 Å². The van der Waals surface area contributed by atoms with Crippen LogP contribution in [0.1, 0.15) is 12.8 Å². The molecule has 2 unspecified atom stereocenters. The zero-order valence-corrected chi connectivity index (χ0v) is 15.7. The van der Waals surface area contributed by atoms with Crippen molar-refractivity contribution in [3.63, 3.8) is 0 Å². The second kappa shape index (κ2) is 7.47. The van der Waals surface area contributed by atoms with E-state index in [0.29, 0.717) is 25.3 Å². The van der Waals surface area contributed by atoms with Crippen molar-refractivity contribution in [2.75, 3.05) is 45.2 Å². The number of morpholine rings is 1. The van der Waals surface area contributed by atoms with Crippen LogP contribution in [-0.2, 0) is 14.8 Å². The van der Waals surface area contributed by atoms with E-state index in [9.17, 15) is 18.5 Å². The first kappa shape index (κ1) is 19.0. The summed E-state index contributed by atoms with van der Waals surface area (Å²) in [6.45, 7) is 1.95. The Hall–Kier alpha value is -1.75. The first-order valence-electron chi connectivity index (χ1n) is 8.59. The van der Waals surface area contributed by atoms with Crippen molar-refractivity contribution in [1.29, 1.82) is 0 Å². The number of hydrogen-bond acceptors (Lipinski definition) is 7. The van der Waals surface area contributed by atoms with Crippen LogP contribution in [0.2, 0.25) is 0 Å². The van der Waals surface area contributed by atoms with E-state index >= 15 is 0 Å². The molecule has 1 aromatic rings. The molecule has 0 radical (unpaired) electrons. The fourth-order valence-electron chi connectivity index (χ4n) is 3.38. The molecule has 2 atom stereocenters. The van der Waals surface area contributed by atoms with Gasteiger partial charge in [-0.25, -0.2) is 13.1 Å². The lowest BCUT2D eigenvalue weighted by atomic mass is 10.2. The fourth-order valence-corrected chi connectivity index (χ4v) is 4.42. The van der Waals surface area contributed by atoms with Crippen molar-refractivity contribution >= 4 is 21.4 Å². The number of likely N-dealkylation sites (N-methyl/N-ethyl adjacent to an activating group) is 1. The van der Waals surface area contributed by atoms with E-state index in [4.69, 9.17) is 4.74 Å². The Morgan fingerprint density at radius 1 is 1.31 bits per heavy atom. The molecule has 10 heteroatoms. The summed E-state index contributed by atoms with van der Waals surface area (Å²) >= 11 is 0. The summed E-state index contributed by atoms with van der Waals surface area (Å²) in [7, 11) is -0.120. The molecule has 26 heavy (non-hydrogen) atoms. The summed E-state index contributed by atoms with van der Waals surface area (Å²) in [6, 6.07) is 4.10. The molecular weight excluding hydrogens is 360 g/mol. The standard InChI is InChI=1S/C16H24N4O5S/c1-18(2)8-7-17-26(23,24)14-5-6-15(16(9-14)20(21)22)19-10-12-3-4-13(11-19)25-12/h5-6,9,12-13,17H,3-4,7-8,10-11H2,1-2H3. The van der Waals surface area contributed by atoms with Gasteiger partial charge in [0.05, 0.1) is 22.0 Å². The smallest absolute Gasteiger partial charge is 0.293 e. The molecule has 9 nitrogen and oxygen atoms in total. The molecule has 0 aliphatic carbocycles. The van der Waals surface area contributed by atoms with Crippen molar-refractivity contribution in [2.45, 2.75) is 29.9 Å². The molecule has 2 fully saturated rings. The maximum absolute atomic E-state index is 12.4. The van der Waals surface area contributed by atoms with E-state index in [0.717, 1.165) is 18.9 Å². The summed E-state index contributed by atoms with van der Waals surface area (Å²) in [5.41, 5.74) is 0.254. The average Bonchev–Trinajstić information content (AvgIpc) is 2.91. The molecular formula is C16H24N4O5S. The number of nitrogens with one attached hydrogen (secondary N) is 1. The molecule has 2 heterocycles. The van der Waals surface area contributed by atoms with Crippen LogP contribution in [0.4, 0.5) is 11.4 Å². The number of anilines is 1. The Labute approximate surface area is 153 Å². The summed E-state index contributed by atoms with van der Waals surface area (Å²) in [6.07, 6.45) is 2.09. The Balaban J connectivity index is 1.84. The van der Waals surface area contributed by atoms with Gasteiger partial charge in [0.2, 0.25) is 10.0 Å². The Kier molecular flexibility index (Phi) is 5.47. The monoisotopic (exact) mass is 384 g/mol. The lowest BCUT2D eigenvalue weighted by Gasteiger charge is -2.33. The lowest BCUT2D eigenvalue weighted by molar-refractivity contribution is -0.384. The van der Waals surface area contributed by atoms with Gasteiger partial charge in [-0.2, -0.15) is 0 Å². The fraction of sp³-hybridized carbons (Fsp3) is 0.625. The summed E-state index contributed by atoms with van der Waals surface area (Å²) in [4.78, 5) is 14.7. The number of benzene rings is 1. The van der Waals surface area contributed by atoms with Crippen molar-refractivity contribution < 1.29 is 18.1 Å². The molecule has 2 aliphatic rings. The van der Waals surface area contributed by atoms with Crippen LogP contribution in [0.5, 0.6) is 0 Å². The van der Waals surface area contributed by atoms with E-state index in [1.165, 1.54) is 12.1 Å². The van der Waals surface area contributed by atoms with Crippen LogP contribution < -0.4 is 9.62 Å². The number of sulfonamides is 1. The first-order valence-corrected chi connectivity index (χ1v) is 10.1. The number of nitro groups is 1. The third kappa shape index (κ3) is 4.14. The topological polar surface area (TPSA) is 105 Å². The van der Waals surface area contributed by atoms with Crippen LogP contribution in [0.25, 0.3) is 0 Å².